The van der Waals surface area contributed by atoms with E-state index in [0.717, 1.165) is 22.6 Å². The molecule has 0 saturated heterocycles. The molecule has 2 atom stereocenters. The Morgan fingerprint density at radius 2 is 2.16 bits per heavy atom. The summed E-state index contributed by atoms with van der Waals surface area (Å²) in [6.45, 7) is 3.58. The SMILES string of the molecule is C=CC(O)Nc1cnn(C)c1-c1n[nH]c2c1CCC(c1c(F)c(OC)cc(OC)c1Cl)C2. The number of methoxy groups -OCH3 is 2. The van der Waals surface area contributed by atoms with Gasteiger partial charge in [0.25, 0.3) is 0 Å². The summed E-state index contributed by atoms with van der Waals surface area (Å²) >= 11 is 6.50. The molecule has 32 heavy (non-hydrogen) atoms. The fourth-order valence-corrected chi connectivity index (χ4v) is 4.62. The van der Waals surface area contributed by atoms with Crippen LogP contribution in [0.3, 0.4) is 0 Å². The zero-order valence-corrected chi connectivity index (χ0v) is 18.8. The van der Waals surface area contributed by atoms with Crippen molar-refractivity contribution < 1.29 is 19.0 Å². The number of aromatic amines is 1. The second-order valence-electron chi connectivity index (χ2n) is 7.65. The average Bonchev–Trinajstić information content (AvgIpc) is 3.36. The normalized spacial score (nSPS) is 16.4. The topological polar surface area (TPSA) is 97.2 Å². The molecule has 10 heteroatoms. The van der Waals surface area contributed by atoms with Crippen LogP contribution in [0.2, 0.25) is 5.02 Å². The fourth-order valence-electron chi connectivity index (χ4n) is 4.25. The summed E-state index contributed by atoms with van der Waals surface area (Å²) in [4.78, 5) is 0. The molecule has 8 nitrogen and oxygen atoms in total. The molecule has 170 valence electrons. The Labute approximate surface area is 190 Å². The molecule has 0 amide bonds. The molecular formula is C22H25ClFN5O3. The minimum atomic E-state index is -0.912. The van der Waals surface area contributed by atoms with Crippen molar-refractivity contribution >= 4 is 17.3 Å². The van der Waals surface area contributed by atoms with Crippen LogP contribution in [0.15, 0.2) is 24.9 Å². The molecule has 3 aromatic rings. The standard InChI is InChI=1S/C22H25ClFN5O3/c1-5-17(30)26-14-10-25-29(2)22(14)21-12-7-6-11(8-13(12)27-28-21)18-19(23)15(31-3)9-16(32-4)20(18)24/h5,9-11,17,26,30H,1,6-8H2,2-4H3,(H,27,28). The first kappa shape index (κ1) is 22.2. The first-order valence-electron chi connectivity index (χ1n) is 10.1. The predicted molar refractivity (Wildman–Crippen MR) is 120 cm³/mol. The number of fused-ring (bicyclic) bond motifs is 1. The lowest BCUT2D eigenvalue weighted by atomic mass is 9.81. The summed E-state index contributed by atoms with van der Waals surface area (Å²) in [6.07, 6.45) is 3.97. The first-order chi connectivity index (χ1) is 15.4. The van der Waals surface area contributed by atoms with E-state index in [1.807, 2.05) is 7.05 Å². The van der Waals surface area contributed by atoms with Crippen LogP contribution >= 0.6 is 11.6 Å². The van der Waals surface area contributed by atoms with Gasteiger partial charge in [0.15, 0.2) is 11.6 Å². The number of H-pyrrole nitrogens is 1. The van der Waals surface area contributed by atoms with Crippen molar-refractivity contribution in [3.05, 3.63) is 52.6 Å². The quantitative estimate of drug-likeness (QED) is 0.365. The van der Waals surface area contributed by atoms with E-state index in [9.17, 15) is 5.11 Å². The van der Waals surface area contributed by atoms with Gasteiger partial charge in [-0.25, -0.2) is 4.39 Å². The molecule has 0 fully saturated rings. The number of rotatable bonds is 7. The third-order valence-corrected chi connectivity index (χ3v) is 6.24. The second-order valence-corrected chi connectivity index (χ2v) is 8.03. The third kappa shape index (κ3) is 3.71. The number of aliphatic hydroxyl groups excluding tert-OH is 1. The minimum Gasteiger partial charge on any atom is -0.495 e. The van der Waals surface area contributed by atoms with Crippen LogP contribution in [0, 0.1) is 5.82 Å². The van der Waals surface area contributed by atoms with Gasteiger partial charge in [-0.15, -0.1) is 0 Å². The summed E-state index contributed by atoms with van der Waals surface area (Å²) < 4.78 is 27.4. The highest BCUT2D eigenvalue weighted by Gasteiger charge is 2.32. The van der Waals surface area contributed by atoms with Crippen molar-refractivity contribution in [1.29, 1.82) is 0 Å². The van der Waals surface area contributed by atoms with Crippen LogP contribution in [-0.4, -0.2) is 45.5 Å². The van der Waals surface area contributed by atoms with Gasteiger partial charge >= 0.3 is 0 Å². The number of nitrogens with one attached hydrogen (secondary N) is 2. The molecule has 0 saturated carbocycles. The molecule has 4 rings (SSSR count). The van der Waals surface area contributed by atoms with Crippen molar-refractivity contribution in [2.24, 2.45) is 7.05 Å². The van der Waals surface area contributed by atoms with E-state index in [0.29, 0.717) is 36.3 Å². The first-order valence-corrected chi connectivity index (χ1v) is 10.5. The highest BCUT2D eigenvalue weighted by molar-refractivity contribution is 6.33. The number of aryl methyl sites for hydroxylation is 1. The Kier molecular flexibility index (Phi) is 6.12. The fraction of sp³-hybridized carbons (Fsp3) is 0.364. The minimum absolute atomic E-state index is 0.101. The van der Waals surface area contributed by atoms with E-state index in [4.69, 9.17) is 21.1 Å². The molecule has 0 bridgehead atoms. The largest absolute Gasteiger partial charge is 0.495 e. The smallest absolute Gasteiger partial charge is 0.170 e. The number of nitrogens with zero attached hydrogens (tertiary/aromatic N) is 3. The number of aliphatic hydroxyl groups is 1. The highest BCUT2D eigenvalue weighted by Crippen LogP contribution is 2.45. The Morgan fingerprint density at radius 1 is 1.41 bits per heavy atom. The predicted octanol–water partition coefficient (Wildman–Crippen LogP) is 3.81. The van der Waals surface area contributed by atoms with Crippen LogP contribution in [0.25, 0.3) is 11.4 Å². The van der Waals surface area contributed by atoms with E-state index in [1.165, 1.54) is 26.4 Å². The van der Waals surface area contributed by atoms with Crippen LogP contribution < -0.4 is 14.8 Å². The molecule has 2 heterocycles. The van der Waals surface area contributed by atoms with E-state index in [-0.39, 0.29) is 16.7 Å². The van der Waals surface area contributed by atoms with E-state index in [1.54, 1.807) is 10.9 Å². The monoisotopic (exact) mass is 461 g/mol. The number of hydrogen-bond donors (Lipinski definition) is 3. The van der Waals surface area contributed by atoms with Gasteiger partial charge in [0, 0.05) is 29.9 Å². The van der Waals surface area contributed by atoms with Crippen molar-refractivity contribution in [2.45, 2.75) is 31.4 Å². The van der Waals surface area contributed by atoms with Gasteiger partial charge in [0.2, 0.25) is 0 Å². The van der Waals surface area contributed by atoms with Gasteiger partial charge in [-0.2, -0.15) is 10.2 Å². The lowest BCUT2D eigenvalue weighted by Gasteiger charge is -2.25. The Hall–Kier alpha value is -3.04. The number of benzene rings is 1. The van der Waals surface area contributed by atoms with Gasteiger partial charge < -0.3 is 19.9 Å². The van der Waals surface area contributed by atoms with E-state index >= 15 is 4.39 Å². The highest BCUT2D eigenvalue weighted by atomic mass is 35.5. The molecule has 1 aliphatic rings. The van der Waals surface area contributed by atoms with Crippen LogP contribution in [0.5, 0.6) is 11.5 Å². The maximum atomic E-state index is 15.2. The van der Waals surface area contributed by atoms with E-state index in [2.05, 4.69) is 27.2 Å². The molecule has 3 N–H and O–H groups in total. The molecule has 0 aliphatic heterocycles. The summed E-state index contributed by atoms with van der Waals surface area (Å²) in [5, 5.41) is 25.1. The lowest BCUT2D eigenvalue weighted by Crippen LogP contribution is -2.16. The molecule has 0 radical (unpaired) electrons. The van der Waals surface area contributed by atoms with Gasteiger partial charge in [-0.05, 0) is 31.3 Å². The van der Waals surface area contributed by atoms with Gasteiger partial charge in [-0.1, -0.05) is 18.2 Å². The van der Waals surface area contributed by atoms with Gasteiger partial charge in [0.1, 0.15) is 23.4 Å². The molecule has 2 aromatic heterocycles. The molecule has 2 unspecified atom stereocenters. The van der Waals surface area contributed by atoms with Crippen LogP contribution in [0.4, 0.5) is 10.1 Å². The van der Waals surface area contributed by atoms with Gasteiger partial charge in [-0.3, -0.25) is 9.78 Å². The number of halogens is 2. The third-order valence-electron chi connectivity index (χ3n) is 5.85. The van der Waals surface area contributed by atoms with Crippen molar-refractivity contribution in [3.8, 4) is 22.9 Å². The molecular weight excluding hydrogens is 437 g/mol. The summed E-state index contributed by atoms with van der Waals surface area (Å²) in [5.41, 5.74) is 4.46. The van der Waals surface area contributed by atoms with Crippen LogP contribution in [0.1, 0.15) is 29.2 Å². The van der Waals surface area contributed by atoms with Crippen molar-refractivity contribution in [3.63, 3.8) is 0 Å². The maximum Gasteiger partial charge on any atom is 0.170 e. The Bertz CT molecular complexity index is 1130. The maximum absolute atomic E-state index is 15.2. The number of ether oxygens (including phenoxy) is 2. The second kappa shape index (κ2) is 8.84. The lowest BCUT2D eigenvalue weighted by molar-refractivity contribution is 0.253. The average molecular weight is 462 g/mol. The molecule has 0 spiro atoms. The Morgan fingerprint density at radius 3 is 2.84 bits per heavy atom. The summed E-state index contributed by atoms with van der Waals surface area (Å²) in [6, 6.07) is 1.46. The Balaban J connectivity index is 1.70. The number of aromatic nitrogens is 4. The summed E-state index contributed by atoms with van der Waals surface area (Å²) in [7, 11) is 4.72. The molecule has 1 aliphatic carbocycles. The molecule has 1 aromatic carbocycles. The zero-order chi connectivity index (χ0) is 23.0. The summed E-state index contributed by atoms with van der Waals surface area (Å²) in [5.74, 6) is -0.159. The number of hydrogen-bond acceptors (Lipinski definition) is 6. The van der Waals surface area contributed by atoms with Gasteiger partial charge in [0.05, 0.1) is 31.1 Å². The number of anilines is 1. The van der Waals surface area contributed by atoms with E-state index < -0.39 is 12.0 Å². The van der Waals surface area contributed by atoms with Crippen molar-refractivity contribution in [2.75, 3.05) is 19.5 Å². The van der Waals surface area contributed by atoms with Crippen LogP contribution in [-0.2, 0) is 19.9 Å². The van der Waals surface area contributed by atoms with Crippen molar-refractivity contribution in [1.82, 2.24) is 20.0 Å². The zero-order valence-electron chi connectivity index (χ0n) is 18.1.